The van der Waals surface area contributed by atoms with Crippen molar-refractivity contribution in [2.75, 3.05) is 13.1 Å². The van der Waals surface area contributed by atoms with Crippen molar-refractivity contribution in [1.82, 2.24) is 5.32 Å². The topological polar surface area (TPSA) is 24.4 Å². The molecule has 1 aliphatic heterocycles. The van der Waals surface area contributed by atoms with Crippen molar-refractivity contribution < 1.29 is 8.78 Å². The van der Waals surface area contributed by atoms with Crippen LogP contribution in [0.1, 0.15) is 19.4 Å². The van der Waals surface area contributed by atoms with Gasteiger partial charge in [0, 0.05) is 24.3 Å². The van der Waals surface area contributed by atoms with Gasteiger partial charge in [-0.2, -0.15) is 8.78 Å². The van der Waals surface area contributed by atoms with Crippen LogP contribution in [0.2, 0.25) is 0 Å². The molecule has 0 saturated heterocycles. The lowest BCUT2D eigenvalue weighted by Crippen LogP contribution is -2.26. The van der Waals surface area contributed by atoms with Crippen LogP contribution in [0.15, 0.2) is 34.2 Å². The first kappa shape index (κ1) is 14.3. The van der Waals surface area contributed by atoms with Gasteiger partial charge in [0.25, 0.3) is 5.25 Å². The molecule has 0 bridgehead atoms. The van der Waals surface area contributed by atoms with Crippen molar-refractivity contribution in [2.24, 2.45) is 10.9 Å². The average Bonchev–Trinajstić information content (AvgIpc) is 2.80. The van der Waals surface area contributed by atoms with Crippen molar-refractivity contribution in [1.29, 1.82) is 0 Å². The normalized spacial score (nSPS) is 16.9. The number of rotatable bonds is 5. The summed E-state index contributed by atoms with van der Waals surface area (Å²) in [5.41, 5.74) is 1.07. The molecule has 1 atom stereocenters. The van der Waals surface area contributed by atoms with Crippen LogP contribution in [0.3, 0.4) is 0 Å². The summed E-state index contributed by atoms with van der Waals surface area (Å²) in [4.78, 5) is 5.00. The Kier molecular flexibility index (Phi) is 4.45. The van der Waals surface area contributed by atoms with E-state index >= 15 is 0 Å². The van der Waals surface area contributed by atoms with Crippen LogP contribution >= 0.6 is 11.8 Å². The van der Waals surface area contributed by atoms with E-state index in [4.69, 9.17) is 0 Å². The number of halogens is 2. The van der Waals surface area contributed by atoms with Crippen LogP contribution in [0.25, 0.3) is 0 Å². The molecule has 0 spiro atoms. The fraction of sp³-hybridized carbons (Fsp3) is 0.500. The third-order valence-electron chi connectivity index (χ3n) is 2.90. The number of benzene rings is 1. The summed E-state index contributed by atoms with van der Waals surface area (Å²) in [6.07, 6.45) is 0.815. The van der Waals surface area contributed by atoms with Gasteiger partial charge in [-0.25, -0.2) is 0 Å². The first-order chi connectivity index (χ1) is 8.94. The molecule has 0 aliphatic carbocycles. The second-order valence-corrected chi connectivity index (χ2v) is 6.25. The highest BCUT2D eigenvalue weighted by Crippen LogP contribution is 2.35. The van der Waals surface area contributed by atoms with Crippen LogP contribution in [0, 0.1) is 5.92 Å². The zero-order chi connectivity index (χ0) is 13.9. The van der Waals surface area contributed by atoms with Crippen molar-refractivity contribution in [3.8, 4) is 0 Å². The lowest BCUT2D eigenvalue weighted by Gasteiger charge is -2.14. The molecule has 0 saturated carbocycles. The number of alkyl halides is 2. The van der Waals surface area contributed by atoms with E-state index in [0.717, 1.165) is 37.8 Å². The largest absolute Gasteiger partial charge is 0.372 e. The summed E-state index contributed by atoms with van der Waals surface area (Å²) in [6, 6.07) is 7.37. The Bertz CT molecular complexity index is 469. The SMILES string of the molecule is C[C@@H](Cc1cccc(SC(C)(F)F)c1)C1=NCCN1. The molecule has 0 radical (unpaired) electrons. The summed E-state index contributed by atoms with van der Waals surface area (Å²) in [7, 11) is 0. The molecule has 0 fully saturated rings. The van der Waals surface area contributed by atoms with Gasteiger partial charge in [-0.15, -0.1) is 0 Å². The smallest absolute Gasteiger partial charge is 0.295 e. The van der Waals surface area contributed by atoms with Crippen molar-refractivity contribution in [3.63, 3.8) is 0 Å². The molecule has 2 nitrogen and oxygen atoms in total. The van der Waals surface area contributed by atoms with Crippen LogP contribution in [0.4, 0.5) is 8.78 Å². The number of amidine groups is 1. The Labute approximate surface area is 116 Å². The third kappa shape index (κ3) is 4.49. The first-order valence-corrected chi connectivity index (χ1v) is 7.20. The second kappa shape index (κ2) is 5.90. The van der Waals surface area contributed by atoms with E-state index in [-0.39, 0.29) is 0 Å². The molecule has 1 aliphatic rings. The molecule has 0 amide bonds. The first-order valence-electron chi connectivity index (χ1n) is 6.38. The van der Waals surface area contributed by atoms with Crippen molar-refractivity contribution >= 4 is 17.6 Å². The standard InChI is InChI=1S/C14H18F2N2S/c1-10(13-17-6-7-18-13)8-11-4-3-5-12(9-11)19-14(2,15)16/h3-5,9-10H,6-8H2,1-2H3,(H,17,18)/t10-/m0/s1. The highest BCUT2D eigenvalue weighted by atomic mass is 32.2. The highest BCUT2D eigenvalue weighted by Gasteiger charge is 2.23. The van der Waals surface area contributed by atoms with Gasteiger partial charge in [-0.05, 0) is 24.1 Å². The van der Waals surface area contributed by atoms with E-state index in [0.29, 0.717) is 22.6 Å². The molecule has 5 heteroatoms. The fourth-order valence-electron chi connectivity index (χ4n) is 2.14. The van der Waals surface area contributed by atoms with Crippen molar-refractivity contribution in [3.05, 3.63) is 29.8 Å². The fourth-order valence-corrected chi connectivity index (χ4v) is 2.91. The van der Waals surface area contributed by atoms with Gasteiger partial charge in [0.05, 0.1) is 12.4 Å². The maximum atomic E-state index is 13.0. The molecule has 2 rings (SSSR count). The third-order valence-corrected chi connectivity index (χ3v) is 3.75. The number of aliphatic imine (C=N–C) groups is 1. The zero-order valence-electron chi connectivity index (χ0n) is 11.1. The Balaban J connectivity index is 2.02. The number of hydrogen-bond donors (Lipinski definition) is 1. The Hall–Kier alpha value is -1.10. The van der Waals surface area contributed by atoms with Crippen molar-refractivity contribution in [2.45, 2.75) is 30.4 Å². The van der Waals surface area contributed by atoms with E-state index in [2.05, 4.69) is 17.2 Å². The number of thioether (sulfide) groups is 1. The number of nitrogens with zero attached hydrogens (tertiary/aromatic N) is 1. The molecular formula is C14H18F2N2S. The van der Waals surface area contributed by atoms with Gasteiger partial charge in [0.15, 0.2) is 0 Å². The van der Waals surface area contributed by atoms with E-state index in [1.165, 1.54) is 0 Å². The summed E-state index contributed by atoms with van der Waals surface area (Å²) in [6.45, 7) is 4.75. The maximum absolute atomic E-state index is 13.0. The van der Waals surface area contributed by atoms with E-state index in [1.807, 2.05) is 18.2 Å². The van der Waals surface area contributed by atoms with Gasteiger partial charge in [-0.3, -0.25) is 4.99 Å². The van der Waals surface area contributed by atoms with Crippen LogP contribution in [-0.2, 0) is 6.42 Å². The van der Waals surface area contributed by atoms with Gasteiger partial charge >= 0.3 is 0 Å². The summed E-state index contributed by atoms with van der Waals surface area (Å²) < 4.78 is 26.0. The van der Waals surface area contributed by atoms with Gasteiger partial charge < -0.3 is 5.32 Å². The molecule has 0 aromatic heterocycles. The molecule has 104 valence electrons. The second-order valence-electron chi connectivity index (χ2n) is 4.86. The monoisotopic (exact) mass is 284 g/mol. The molecule has 19 heavy (non-hydrogen) atoms. The molecule has 1 heterocycles. The van der Waals surface area contributed by atoms with Gasteiger partial charge in [0.2, 0.25) is 0 Å². The molecule has 1 aromatic carbocycles. The van der Waals surface area contributed by atoms with E-state index < -0.39 is 5.25 Å². The number of hydrogen-bond acceptors (Lipinski definition) is 3. The lowest BCUT2D eigenvalue weighted by atomic mass is 10.0. The highest BCUT2D eigenvalue weighted by molar-refractivity contribution is 8.00. The number of nitrogens with one attached hydrogen (secondary N) is 1. The lowest BCUT2D eigenvalue weighted by molar-refractivity contribution is 0.129. The summed E-state index contributed by atoms with van der Waals surface area (Å²) >= 11 is 0.595. The van der Waals surface area contributed by atoms with Gasteiger partial charge in [-0.1, -0.05) is 30.8 Å². The van der Waals surface area contributed by atoms with E-state index in [1.54, 1.807) is 6.07 Å². The Morgan fingerprint density at radius 3 is 2.89 bits per heavy atom. The van der Waals surface area contributed by atoms with Crippen LogP contribution in [0.5, 0.6) is 0 Å². The Morgan fingerprint density at radius 1 is 1.47 bits per heavy atom. The van der Waals surface area contributed by atoms with Crippen LogP contribution < -0.4 is 5.32 Å². The molecule has 0 unspecified atom stereocenters. The maximum Gasteiger partial charge on any atom is 0.295 e. The summed E-state index contributed by atoms with van der Waals surface area (Å²) in [5.74, 6) is 1.32. The molecule has 1 N–H and O–H groups in total. The predicted octanol–water partition coefficient (Wildman–Crippen LogP) is 3.57. The van der Waals surface area contributed by atoms with Crippen LogP contribution in [-0.4, -0.2) is 24.2 Å². The average molecular weight is 284 g/mol. The van der Waals surface area contributed by atoms with Gasteiger partial charge in [0.1, 0.15) is 0 Å². The zero-order valence-corrected chi connectivity index (χ0v) is 11.9. The molecule has 1 aromatic rings. The van der Waals surface area contributed by atoms with E-state index in [9.17, 15) is 8.78 Å². The summed E-state index contributed by atoms with van der Waals surface area (Å²) in [5, 5.41) is 0.519. The molecular weight excluding hydrogens is 266 g/mol. The quantitative estimate of drug-likeness (QED) is 0.836. The predicted molar refractivity (Wildman–Crippen MR) is 76.1 cm³/mol. The minimum Gasteiger partial charge on any atom is -0.372 e. The Morgan fingerprint density at radius 2 is 2.26 bits per heavy atom. The minimum atomic E-state index is -2.73. The minimum absolute atomic E-state index is 0.296.